The van der Waals surface area contributed by atoms with Crippen molar-refractivity contribution in [1.82, 2.24) is 15.2 Å². The molecule has 2 aromatic rings. The van der Waals surface area contributed by atoms with E-state index < -0.39 is 11.6 Å². The lowest BCUT2D eigenvalue weighted by atomic mass is 9.98. The molecule has 0 aliphatic rings. The summed E-state index contributed by atoms with van der Waals surface area (Å²) >= 11 is 0. The van der Waals surface area contributed by atoms with Crippen molar-refractivity contribution in [3.05, 3.63) is 52.9 Å². The van der Waals surface area contributed by atoms with Crippen LogP contribution < -0.4 is 11.3 Å². The van der Waals surface area contributed by atoms with Gasteiger partial charge in [0.2, 0.25) is 0 Å². The van der Waals surface area contributed by atoms with E-state index in [1.165, 1.54) is 6.07 Å². The topological polar surface area (TPSA) is 55.9 Å². The molecule has 0 spiro atoms. The van der Waals surface area contributed by atoms with E-state index in [-0.39, 0.29) is 12.5 Å². The molecular formula is C14H18F2N4. The van der Waals surface area contributed by atoms with Gasteiger partial charge >= 0.3 is 0 Å². The van der Waals surface area contributed by atoms with Crippen LogP contribution in [0.1, 0.15) is 29.8 Å². The summed E-state index contributed by atoms with van der Waals surface area (Å²) in [4.78, 5) is 0. The molecule has 0 bridgehead atoms. The first-order valence-electron chi connectivity index (χ1n) is 6.48. The first-order valence-corrected chi connectivity index (χ1v) is 6.48. The van der Waals surface area contributed by atoms with Gasteiger partial charge in [-0.2, -0.15) is 5.10 Å². The third-order valence-electron chi connectivity index (χ3n) is 3.30. The van der Waals surface area contributed by atoms with Gasteiger partial charge in [-0.1, -0.05) is 19.1 Å². The standard InChI is InChI=1S/C14H18F2N4/c1-3-12-10(8-20(2)19-12)13(18-17)7-9-5-4-6-11(15)14(9)16/h4-6,8,13,18H,3,7,17H2,1-2H3. The molecule has 3 N–H and O–H groups in total. The average Bonchev–Trinajstić information content (AvgIpc) is 2.81. The molecule has 1 unspecified atom stereocenters. The van der Waals surface area contributed by atoms with Crippen LogP contribution in [0.15, 0.2) is 24.4 Å². The minimum atomic E-state index is -0.847. The van der Waals surface area contributed by atoms with Gasteiger partial charge in [0.15, 0.2) is 11.6 Å². The van der Waals surface area contributed by atoms with Gasteiger partial charge in [-0.05, 0) is 24.5 Å². The third-order valence-corrected chi connectivity index (χ3v) is 3.30. The van der Waals surface area contributed by atoms with Crippen molar-refractivity contribution in [2.45, 2.75) is 25.8 Å². The summed E-state index contributed by atoms with van der Waals surface area (Å²) in [5.41, 5.74) is 4.75. The Morgan fingerprint density at radius 2 is 2.15 bits per heavy atom. The largest absolute Gasteiger partial charge is 0.275 e. The van der Waals surface area contributed by atoms with Gasteiger partial charge < -0.3 is 0 Å². The summed E-state index contributed by atoms with van der Waals surface area (Å²) in [6.07, 6.45) is 2.86. The number of aryl methyl sites for hydroxylation is 2. The van der Waals surface area contributed by atoms with Crippen LogP contribution in [0, 0.1) is 11.6 Å². The van der Waals surface area contributed by atoms with Crippen LogP contribution in [0.25, 0.3) is 0 Å². The number of hydrogen-bond acceptors (Lipinski definition) is 3. The maximum absolute atomic E-state index is 13.7. The molecule has 6 heteroatoms. The molecule has 108 valence electrons. The molecule has 0 amide bonds. The van der Waals surface area contributed by atoms with Crippen molar-refractivity contribution in [2.24, 2.45) is 12.9 Å². The highest BCUT2D eigenvalue weighted by Crippen LogP contribution is 2.23. The SMILES string of the molecule is CCc1nn(C)cc1C(Cc1cccc(F)c1F)NN. The summed E-state index contributed by atoms with van der Waals surface area (Å²) in [7, 11) is 1.82. The average molecular weight is 280 g/mol. The molecule has 0 aliphatic carbocycles. The Morgan fingerprint density at radius 3 is 2.80 bits per heavy atom. The lowest BCUT2D eigenvalue weighted by Gasteiger charge is -2.16. The van der Waals surface area contributed by atoms with E-state index >= 15 is 0 Å². The Balaban J connectivity index is 2.31. The molecular weight excluding hydrogens is 262 g/mol. The highest BCUT2D eigenvalue weighted by Gasteiger charge is 2.19. The van der Waals surface area contributed by atoms with Crippen LogP contribution in [-0.4, -0.2) is 9.78 Å². The molecule has 2 rings (SSSR count). The van der Waals surface area contributed by atoms with E-state index in [4.69, 9.17) is 5.84 Å². The monoisotopic (exact) mass is 280 g/mol. The lowest BCUT2D eigenvalue weighted by molar-refractivity contribution is 0.480. The molecule has 0 aliphatic heterocycles. The van der Waals surface area contributed by atoms with Gasteiger partial charge in [-0.15, -0.1) is 0 Å². The fraction of sp³-hybridized carbons (Fsp3) is 0.357. The maximum Gasteiger partial charge on any atom is 0.162 e. The molecule has 1 atom stereocenters. The van der Waals surface area contributed by atoms with Crippen LogP contribution in [0.3, 0.4) is 0 Å². The van der Waals surface area contributed by atoms with E-state index in [1.807, 2.05) is 20.2 Å². The van der Waals surface area contributed by atoms with E-state index in [9.17, 15) is 8.78 Å². The Labute approximate surface area is 116 Å². The second-order valence-corrected chi connectivity index (χ2v) is 4.69. The predicted octanol–water partition coefficient (Wildman–Crippen LogP) is 2.01. The lowest BCUT2D eigenvalue weighted by Crippen LogP contribution is -2.30. The zero-order chi connectivity index (χ0) is 14.7. The van der Waals surface area contributed by atoms with Gasteiger partial charge in [-0.25, -0.2) is 8.78 Å². The molecule has 0 radical (unpaired) electrons. The quantitative estimate of drug-likeness (QED) is 0.650. The van der Waals surface area contributed by atoms with Crippen molar-refractivity contribution in [3.63, 3.8) is 0 Å². The van der Waals surface area contributed by atoms with Gasteiger partial charge in [0.1, 0.15) is 0 Å². The molecule has 1 aromatic carbocycles. The number of aromatic nitrogens is 2. The number of hydrazine groups is 1. The number of rotatable bonds is 5. The molecule has 20 heavy (non-hydrogen) atoms. The first kappa shape index (κ1) is 14.6. The molecule has 4 nitrogen and oxygen atoms in total. The highest BCUT2D eigenvalue weighted by molar-refractivity contribution is 5.26. The summed E-state index contributed by atoms with van der Waals surface area (Å²) < 4.78 is 28.7. The summed E-state index contributed by atoms with van der Waals surface area (Å²) in [5.74, 6) is 3.90. The summed E-state index contributed by atoms with van der Waals surface area (Å²) in [6, 6.07) is 3.84. The second kappa shape index (κ2) is 6.11. The Bertz CT molecular complexity index is 595. The van der Waals surface area contributed by atoms with E-state index in [1.54, 1.807) is 10.7 Å². The fourth-order valence-electron chi connectivity index (χ4n) is 2.30. The predicted molar refractivity (Wildman–Crippen MR) is 72.7 cm³/mol. The van der Waals surface area contributed by atoms with Crippen LogP contribution in [-0.2, 0) is 19.9 Å². The Morgan fingerprint density at radius 1 is 1.40 bits per heavy atom. The Hall–Kier alpha value is -1.79. The first-order chi connectivity index (χ1) is 9.56. The number of nitrogens with one attached hydrogen (secondary N) is 1. The van der Waals surface area contributed by atoms with Crippen molar-refractivity contribution in [2.75, 3.05) is 0 Å². The number of hydrogen-bond donors (Lipinski definition) is 2. The van der Waals surface area contributed by atoms with Gasteiger partial charge in [0.25, 0.3) is 0 Å². The number of nitrogens with two attached hydrogens (primary N) is 1. The van der Waals surface area contributed by atoms with E-state index in [2.05, 4.69) is 10.5 Å². The summed E-state index contributed by atoms with van der Waals surface area (Å²) in [5, 5.41) is 4.33. The minimum Gasteiger partial charge on any atom is -0.275 e. The van der Waals surface area contributed by atoms with E-state index in [0.717, 1.165) is 23.7 Å². The van der Waals surface area contributed by atoms with Crippen molar-refractivity contribution in [1.29, 1.82) is 0 Å². The van der Waals surface area contributed by atoms with Crippen molar-refractivity contribution < 1.29 is 8.78 Å². The van der Waals surface area contributed by atoms with Gasteiger partial charge in [0, 0.05) is 18.8 Å². The zero-order valence-electron chi connectivity index (χ0n) is 11.5. The number of halogens is 2. The maximum atomic E-state index is 13.7. The van der Waals surface area contributed by atoms with Crippen LogP contribution in [0.5, 0.6) is 0 Å². The van der Waals surface area contributed by atoms with Gasteiger partial charge in [-0.3, -0.25) is 16.0 Å². The molecule has 1 aromatic heterocycles. The smallest absolute Gasteiger partial charge is 0.162 e. The second-order valence-electron chi connectivity index (χ2n) is 4.69. The van der Waals surface area contributed by atoms with Crippen LogP contribution >= 0.6 is 0 Å². The Kier molecular flexibility index (Phi) is 4.46. The third kappa shape index (κ3) is 2.86. The summed E-state index contributed by atoms with van der Waals surface area (Å²) in [6.45, 7) is 1.99. The molecule has 0 fully saturated rings. The molecule has 0 saturated heterocycles. The molecule has 1 heterocycles. The minimum absolute atomic E-state index is 0.263. The highest BCUT2D eigenvalue weighted by atomic mass is 19.2. The number of benzene rings is 1. The van der Waals surface area contributed by atoms with Crippen LogP contribution in [0.4, 0.5) is 8.78 Å². The fourth-order valence-corrected chi connectivity index (χ4v) is 2.30. The van der Waals surface area contributed by atoms with Crippen molar-refractivity contribution >= 4 is 0 Å². The van der Waals surface area contributed by atoms with E-state index in [0.29, 0.717) is 5.56 Å². The zero-order valence-corrected chi connectivity index (χ0v) is 11.5. The number of nitrogens with zero attached hydrogens (tertiary/aromatic N) is 2. The molecule has 0 saturated carbocycles. The van der Waals surface area contributed by atoms with Crippen LogP contribution in [0.2, 0.25) is 0 Å². The van der Waals surface area contributed by atoms with Gasteiger partial charge in [0.05, 0.1) is 11.7 Å². The normalized spacial score (nSPS) is 12.7. The van der Waals surface area contributed by atoms with Crippen molar-refractivity contribution in [3.8, 4) is 0 Å².